The molecule has 0 N–H and O–H groups in total. The van der Waals surface area contributed by atoms with Crippen LogP contribution in [0.4, 0.5) is 5.69 Å². The van der Waals surface area contributed by atoms with Crippen LogP contribution in [-0.2, 0) is 4.79 Å². The Morgan fingerprint density at radius 1 is 1.23 bits per heavy atom. The number of rotatable bonds is 6. The number of non-ortho nitro benzene ring substituents is 1. The summed E-state index contributed by atoms with van der Waals surface area (Å²) in [5.41, 5.74) is 1.38. The summed E-state index contributed by atoms with van der Waals surface area (Å²) in [5.74, 6) is 0.338. The molecule has 0 saturated heterocycles. The molecular weight excluding hydrogens is 445 g/mol. The summed E-state index contributed by atoms with van der Waals surface area (Å²) in [7, 11) is 0. The summed E-state index contributed by atoms with van der Waals surface area (Å²) in [6, 6.07) is 14.0. The van der Waals surface area contributed by atoms with E-state index in [0.717, 1.165) is 5.56 Å². The second kappa shape index (κ2) is 8.79. The fraction of sp³-hybridized carbons (Fsp3) is 0.143. The standard InChI is InChI=1S/C21H15Cl2N3O5/c22-14-5-3-13(4-6-14)17-11-18(20-2-1-9-30-20)25(24-17)21(27)12-31-19-8-7-15(26(28)29)10-16(19)23/h1-10,18H,11-12H2/t18-/m0/s1. The van der Waals surface area contributed by atoms with Crippen molar-refractivity contribution in [1.29, 1.82) is 0 Å². The molecule has 10 heteroatoms. The highest BCUT2D eigenvalue weighted by Gasteiger charge is 2.35. The van der Waals surface area contributed by atoms with Crippen LogP contribution in [0, 0.1) is 10.1 Å². The monoisotopic (exact) mass is 459 g/mol. The highest BCUT2D eigenvalue weighted by molar-refractivity contribution is 6.32. The van der Waals surface area contributed by atoms with E-state index in [1.807, 2.05) is 12.1 Å². The van der Waals surface area contributed by atoms with Crippen LogP contribution in [-0.4, -0.2) is 28.2 Å². The van der Waals surface area contributed by atoms with Crippen LogP contribution in [0.3, 0.4) is 0 Å². The van der Waals surface area contributed by atoms with E-state index in [1.165, 1.54) is 29.5 Å². The fourth-order valence-corrected chi connectivity index (χ4v) is 3.54. The van der Waals surface area contributed by atoms with Gasteiger partial charge in [-0.2, -0.15) is 5.10 Å². The van der Waals surface area contributed by atoms with Gasteiger partial charge in [-0.25, -0.2) is 5.01 Å². The summed E-state index contributed by atoms with van der Waals surface area (Å²) in [6.07, 6.45) is 1.99. The van der Waals surface area contributed by atoms with E-state index >= 15 is 0 Å². The van der Waals surface area contributed by atoms with E-state index in [1.54, 1.807) is 24.3 Å². The van der Waals surface area contributed by atoms with Crippen molar-refractivity contribution in [3.8, 4) is 5.75 Å². The lowest BCUT2D eigenvalue weighted by Crippen LogP contribution is -2.31. The van der Waals surface area contributed by atoms with Gasteiger partial charge < -0.3 is 9.15 Å². The Morgan fingerprint density at radius 3 is 2.65 bits per heavy atom. The van der Waals surface area contributed by atoms with Crippen LogP contribution in [0.25, 0.3) is 0 Å². The molecule has 1 aliphatic rings. The lowest BCUT2D eigenvalue weighted by molar-refractivity contribution is -0.384. The number of amides is 1. The molecule has 0 spiro atoms. The number of hydrogen-bond acceptors (Lipinski definition) is 6. The predicted molar refractivity (Wildman–Crippen MR) is 115 cm³/mol. The second-order valence-electron chi connectivity index (χ2n) is 6.69. The van der Waals surface area contributed by atoms with E-state index in [-0.39, 0.29) is 23.1 Å². The Labute approximate surface area is 186 Å². The van der Waals surface area contributed by atoms with Crippen molar-refractivity contribution in [1.82, 2.24) is 5.01 Å². The number of ether oxygens (including phenoxy) is 1. The minimum atomic E-state index is -0.563. The first-order valence-corrected chi connectivity index (χ1v) is 9.93. The molecule has 31 heavy (non-hydrogen) atoms. The zero-order valence-corrected chi connectivity index (χ0v) is 17.4. The van der Waals surface area contributed by atoms with Gasteiger partial charge in [0.2, 0.25) is 0 Å². The average molecular weight is 460 g/mol. The maximum absolute atomic E-state index is 12.9. The first-order valence-electron chi connectivity index (χ1n) is 9.18. The zero-order chi connectivity index (χ0) is 22.0. The predicted octanol–water partition coefficient (Wildman–Crippen LogP) is 5.25. The van der Waals surface area contributed by atoms with Crippen LogP contribution in [0.5, 0.6) is 5.75 Å². The summed E-state index contributed by atoms with van der Waals surface area (Å²) >= 11 is 12.0. The van der Waals surface area contributed by atoms with Gasteiger partial charge in [0.1, 0.15) is 17.6 Å². The normalized spacial score (nSPS) is 15.6. The molecule has 1 aliphatic heterocycles. The zero-order valence-electron chi connectivity index (χ0n) is 15.9. The number of carbonyl (C=O) groups excluding carboxylic acids is 1. The van der Waals surface area contributed by atoms with Gasteiger partial charge in [-0.15, -0.1) is 0 Å². The van der Waals surface area contributed by atoms with Crippen LogP contribution in [0.2, 0.25) is 10.0 Å². The molecule has 0 unspecified atom stereocenters. The van der Waals surface area contributed by atoms with Crippen molar-refractivity contribution < 1.29 is 18.9 Å². The highest BCUT2D eigenvalue weighted by Crippen LogP contribution is 2.34. The van der Waals surface area contributed by atoms with E-state index in [2.05, 4.69) is 5.10 Å². The third-order valence-corrected chi connectivity index (χ3v) is 5.24. The third-order valence-electron chi connectivity index (χ3n) is 4.69. The van der Waals surface area contributed by atoms with Crippen LogP contribution < -0.4 is 4.74 Å². The van der Waals surface area contributed by atoms with Crippen LogP contribution >= 0.6 is 23.2 Å². The number of carbonyl (C=O) groups is 1. The molecule has 2 heterocycles. The molecular formula is C21H15Cl2N3O5. The SMILES string of the molecule is O=C(COc1ccc([N+](=O)[O-])cc1Cl)N1N=C(c2ccc(Cl)cc2)C[C@H]1c1ccco1. The van der Waals surface area contributed by atoms with Gasteiger partial charge in [0.05, 0.1) is 21.9 Å². The molecule has 0 bridgehead atoms. The number of nitro benzene ring substituents is 1. The lowest BCUT2D eigenvalue weighted by atomic mass is 10.0. The topological polar surface area (TPSA) is 98.2 Å². The molecule has 158 valence electrons. The van der Waals surface area contributed by atoms with Crippen molar-refractivity contribution >= 4 is 40.5 Å². The molecule has 2 aromatic carbocycles. The summed E-state index contributed by atoms with van der Waals surface area (Å²) in [5, 5.41) is 17.3. The molecule has 0 radical (unpaired) electrons. The molecule has 8 nitrogen and oxygen atoms in total. The Bertz CT molecular complexity index is 1150. The number of benzene rings is 2. The number of halogens is 2. The summed E-state index contributed by atoms with van der Waals surface area (Å²) in [4.78, 5) is 23.2. The quantitative estimate of drug-likeness (QED) is 0.370. The molecule has 0 aliphatic carbocycles. The maximum Gasteiger partial charge on any atom is 0.281 e. The molecule has 1 amide bonds. The van der Waals surface area contributed by atoms with Crippen molar-refractivity contribution in [3.63, 3.8) is 0 Å². The molecule has 0 saturated carbocycles. The molecule has 0 fully saturated rings. The lowest BCUT2D eigenvalue weighted by Gasteiger charge is -2.20. The van der Waals surface area contributed by atoms with Gasteiger partial charge >= 0.3 is 0 Å². The average Bonchev–Trinajstić information content (AvgIpc) is 3.43. The van der Waals surface area contributed by atoms with E-state index in [4.69, 9.17) is 32.4 Å². The highest BCUT2D eigenvalue weighted by atomic mass is 35.5. The van der Waals surface area contributed by atoms with Crippen LogP contribution in [0.15, 0.2) is 70.4 Å². The summed E-state index contributed by atoms with van der Waals surface area (Å²) in [6.45, 7) is -0.355. The molecule has 1 aromatic heterocycles. The maximum atomic E-state index is 12.9. The number of furan rings is 1. The Balaban J connectivity index is 1.53. The first kappa shape index (κ1) is 20.9. The number of hydrazone groups is 1. The number of nitrogens with zero attached hydrogens (tertiary/aromatic N) is 3. The van der Waals surface area contributed by atoms with Crippen molar-refractivity contribution in [2.75, 3.05) is 6.61 Å². The minimum Gasteiger partial charge on any atom is -0.482 e. The van der Waals surface area contributed by atoms with Crippen LogP contribution in [0.1, 0.15) is 23.8 Å². The first-order chi connectivity index (χ1) is 14.9. The van der Waals surface area contributed by atoms with Crippen molar-refractivity contribution in [2.24, 2.45) is 5.10 Å². The van der Waals surface area contributed by atoms with E-state index in [9.17, 15) is 14.9 Å². The Morgan fingerprint density at radius 2 is 2.00 bits per heavy atom. The number of nitro groups is 1. The third kappa shape index (κ3) is 4.55. The van der Waals surface area contributed by atoms with Gasteiger partial charge in [-0.3, -0.25) is 14.9 Å². The second-order valence-corrected chi connectivity index (χ2v) is 7.53. The van der Waals surface area contributed by atoms with E-state index in [0.29, 0.717) is 22.9 Å². The van der Waals surface area contributed by atoms with Crippen molar-refractivity contribution in [2.45, 2.75) is 12.5 Å². The smallest absolute Gasteiger partial charge is 0.281 e. The van der Waals surface area contributed by atoms with Gasteiger partial charge in [-0.1, -0.05) is 35.3 Å². The largest absolute Gasteiger partial charge is 0.482 e. The minimum absolute atomic E-state index is 0.0383. The van der Waals surface area contributed by atoms with Gasteiger partial charge in [0.15, 0.2) is 6.61 Å². The summed E-state index contributed by atoms with van der Waals surface area (Å²) < 4.78 is 11.0. The Kier molecular flexibility index (Phi) is 5.92. The molecule has 3 aromatic rings. The fourth-order valence-electron chi connectivity index (χ4n) is 3.19. The van der Waals surface area contributed by atoms with Gasteiger partial charge in [0.25, 0.3) is 11.6 Å². The number of hydrogen-bond donors (Lipinski definition) is 0. The van der Waals surface area contributed by atoms with Gasteiger partial charge in [-0.05, 0) is 35.9 Å². The molecule has 4 rings (SSSR count). The van der Waals surface area contributed by atoms with E-state index < -0.39 is 16.9 Å². The Hall–Kier alpha value is -3.36. The van der Waals surface area contributed by atoms with Gasteiger partial charge in [0, 0.05) is 23.6 Å². The molecule has 1 atom stereocenters. The van der Waals surface area contributed by atoms with Crippen molar-refractivity contribution in [3.05, 3.63) is 92.3 Å².